The third kappa shape index (κ3) is 4.52. The monoisotopic (exact) mass is 266 g/mol. The molecule has 1 rings (SSSR count). The lowest BCUT2D eigenvalue weighted by atomic mass is 10.1. The SMILES string of the molecule is CCCc1cc(C(=O)O)cc(N(CC)CCOC)n1. The molecule has 0 amide bonds. The normalized spacial score (nSPS) is 10.5. The van der Waals surface area contributed by atoms with E-state index in [1.165, 1.54) is 0 Å². The number of carboxylic acid groups (broad SMARTS) is 1. The minimum Gasteiger partial charge on any atom is -0.478 e. The lowest BCUT2D eigenvalue weighted by Gasteiger charge is -2.22. The summed E-state index contributed by atoms with van der Waals surface area (Å²) in [5.41, 5.74) is 1.12. The largest absolute Gasteiger partial charge is 0.478 e. The van der Waals surface area contributed by atoms with Gasteiger partial charge in [0.1, 0.15) is 5.82 Å². The Labute approximate surface area is 114 Å². The summed E-state index contributed by atoms with van der Waals surface area (Å²) in [6.07, 6.45) is 1.73. The average molecular weight is 266 g/mol. The van der Waals surface area contributed by atoms with Gasteiger partial charge in [0.15, 0.2) is 0 Å². The Kier molecular flexibility index (Phi) is 6.29. The number of ether oxygens (including phenoxy) is 1. The maximum atomic E-state index is 11.2. The molecule has 0 aromatic carbocycles. The summed E-state index contributed by atoms with van der Waals surface area (Å²) in [5.74, 6) is -0.202. The summed E-state index contributed by atoms with van der Waals surface area (Å²) in [6, 6.07) is 3.28. The molecule has 1 N–H and O–H groups in total. The second kappa shape index (κ2) is 7.74. The molecule has 0 fully saturated rings. The molecule has 0 radical (unpaired) electrons. The fourth-order valence-corrected chi connectivity index (χ4v) is 1.88. The third-order valence-corrected chi connectivity index (χ3v) is 2.89. The van der Waals surface area contributed by atoms with E-state index in [0.717, 1.165) is 25.1 Å². The van der Waals surface area contributed by atoms with E-state index < -0.39 is 5.97 Å². The lowest BCUT2D eigenvalue weighted by molar-refractivity contribution is 0.0696. The molecule has 0 spiro atoms. The molecule has 5 heteroatoms. The molecule has 0 aliphatic heterocycles. The van der Waals surface area contributed by atoms with Crippen LogP contribution < -0.4 is 4.90 Å². The van der Waals surface area contributed by atoms with Crippen molar-refractivity contribution in [1.82, 2.24) is 4.98 Å². The highest BCUT2D eigenvalue weighted by Gasteiger charge is 2.12. The number of nitrogens with zero attached hydrogens (tertiary/aromatic N) is 2. The van der Waals surface area contributed by atoms with Gasteiger partial charge >= 0.3 is 5.97 Å². The van der Waals surface area contributed by atoms with E-state index in [1.807, 2.05) is 11.8 Å². The molecule has 0 bridgehead atoms. The molecule has 0 unspecified atom stereocenters. The smallest absolute Gasteiger partial charge is 0.335 e. The molecule has 0 saturated carbocycles. The van der Waals surface area contributed by atoms with Crippen LogP contribution in [0.5, 0.6) is 0 Å². The predicted octanol–water partition coefficient (Wildman–Crippen LogP) is 2.21. The van der Waals surface area contributed by atoms with E-state index in [4.69, 9.17) is 9.84 Å². The van der Waals surface area contributed by atoms with Crippen LogP contribution in [0.1, 0.15) is 36.3 Å². The number of likely N-dealkylation sites (N-methyl/N-ethyl adjacent to an activating group) is 1. The van der Waals surface area contributed by atoms with Crippen LogP contribution in [0.3, 0.4) is 0 Å². The van der Waals surface area contributed by atoms with Crippen molar-refractivity contribution >= 4 is 11.8 Å². The van der Waals surface area contributed by atoms with E-state index >= 15 is 0 Å². The molecule has 0 aliphatic carbocycles. The van der Waals surface area contributed by atoms with Crippen LogP contribution in [0.2, 0.25) is 0 Å². The number of anilines is 1. The van der Waals surface area contributed by atoms with Crippen molar-refractivity contribution in [3.63, 3.8) is 0 Å². The average Bonchev–Trinajstić information content (AvgIpc) is 2.39. The zero-order chi connectivity index (χ0) is 14.3. The van der Waals surface area contributed by atoms with Gasteiger partial charge in [0.2, 0.25) is 0 Å². The van der Waals surface area contributed by atoms with Gasteiger partial charge in [-0.05, 0) is 25.5 Å². The summed E-state index contributed by atoms with van der Waals surface area (Å²) in [6.45, 7) is 6.14. The van der Waals surface area contributed by atoms with E-state index in [9.17, 15) is 4.79 Å². The van der Waals surface area contributed by atoms with Crippen molar-refractivity contribution in [3.05, 3.63) is 23.4 Å². The summed E-state index contributed by atoms with van der Waals surface area (Å²) in [7, 11) is 1.65. The summed E-state index contributed by atoms with van der Waals surface area (Å²) in [4.78, 5) is 17.7. The van der Waals surface area contributed by atoms with Crippen molar-refractivity contribution in [2.45, 2.75) is 26.7 Å². The van der Waals surface area contributed by atoms with Gasteiger partial charge in [-0.2, -0.15) is 0 Å². The molecule has 0 aliphatic rings. The number of carbonyl (C=O) groups is 1. The van der Waals surface area contributed by atoms with Crippen molar-refractivity contribution < 1.29 is 14.6 Å². The number of aromatic nitrogens is 1. The Hall–Kier alpha value is -1.62. The molecule has 19 heavy (non-hydrogen) atoms. The molecule has 0 saturated heterocycles. The maximum absolute atomic E-state index is 11.2. The van der Waals surface area contributed by atoms with E-state index in [1.54, 1.807) is 19.2 Å². The first-order valence-electron chi connectivity index (χ1n) is 6.60. The van der Waals surface area contributed by atoms with Crippen LogP contribution in [0.15, 0.2) is 12.1 Å². The van der Waals surface area contributed by atoms with Gasteiger partial charge < -0.3 is 14.7 Å². The second-order valence-electron chi connectivity index (χ2n) is 4.33. The van der Waals surface area contributed by atoms with Crippen LogP contribution in [0.4, 0.5) is 5.82 Å². The van der Waals surface area contributed by atoms with E-state index in [2.05, 4.69) is 11.9 Å². The van der Waals surface area contributed by atoms with Gasteiger partial charge in [-0.1, -0.05) is 13.3 Å². The van der Waals surface area contributed by atoms with Crippen LogP contribution in [-0.4, -0.2) is 42.9 Å². The molecule has 0 atom stereocenters. The number of methoxy groups -OCH3 is 1. The van der Waals surface area contributed by atoms with Crippen LogP contribution in [0.25, 0.3) is 0 Å². The quantitative estimate of drug-likeness (QED) is 0.781. The van der Waals surface area contributed by atoms with Gasteiger partial charge in [-0.3, -0.25) is 0 Å². The summed E-state index contributed by atoms with van der Waals surface area (Å²) < 4.78 is 5.07. The molecule has 1 aromatic rings. The van der Waals surface area contributed by atoms with Gasteiger partial charge in [0, 0.05) is 25.9 Å². The number of aryl methyl sites for hydroxylation is 1. The zero-order valence-corrected chi connectivity index (χ0v) is 11.8. The predicted molar refractivity (Wildman–Crippen MR) is 75.0 cm³/mol. The van der Waals surface area contributed by atoms with Crippen LogP contribution in [0, 0.1) is 0 Å². The van der Waals surface area contributed by atoms with Crippen LogP contribution >= 0.6 is 0 Å². The van der Waals surface area contributed by atoms with Crippen molar-refractivity contribution in [2.24, 2.45) is 0 Å². The summed E-state index contributed by atoms with van der Waals surface area (Å²) >= 11 is 0. The number of pyridine rings is 1. The second-order valence-corrected chi connectivity index (χ2v) is 4.33. The number of carboxylic acids is 1. The van der Waals surface area contributed by atoms with Crippen molar-refractivity contribution in [1.29, 1.82) is 0 Å². The highest BCUT2D eigenvalue weighted by atomic mass is 16.5. The lowest BCUT2D eigenvalue weighted by Crippen LogP contribution is -2.28. The molecule has 106 valence electrons. The Bertz CT molecular complexity index is 421. The molecular weight excluding hydrogens is 244 g/mol. The fourth-order valence-electron chi connectivity index (χ4n) is 1.88. The maximum Gasteiger partial charge on any atom is 0.335 e. The number of hydrogen-bond donors (Lipinski definition) is 1. The highest BCUT2D eigenvalue weighted by molar-refractivity contribution is 5.88. The Balaban J connectivity index is 3.05. The number of hydrogen-bond acceptors (Lipinski definition) is 4. The zero-order valence-electron chi connectivity index (χ0n) is 11.8. The van der Waals surface area contributed by atoms with Gasteiger partial charge in [0.25, 0.3) is 0 Å². The first-order chi connectivity index (χ1) is 9.12. The first-order valence-corrected chi connectivity index (χ1v) is 6.60. The Morgan fingerprint density at radius 2 is 2.16 bits per heavy atom. The van der Waals surface area contributed by atoms with Crippen molar-refractivity contribution in [2.75, 3.05) is 31.7 Å². The highest BCUT2D eigenvalue weighted by Crippen LogP contribution is 2.16. The fraction of sp³-hybridized carbons (Fsp3) is 0.571. The Morgan fingerprint density at radius 1 is 1.42 bits per heavy atom. The van der Waals surface area contributed by atoms with E-state index in [-0.39, 0.29) is 0 Å². The Morgan fingerprint density at radius 3 is 2.68 bits per heavy atom. The van der Waals surface area contributed by atoms with Crippen molar-refractivity contribution in [3.8, 4) is 0 Å². The van der Waals surface area contributed by atoms with Gasteiger partial charge in [-0.25, -0.2) is 9.78 Å². The van der Waals surface area contributed by atoms with Crippen LogP contribution in [-0.2, 0) is 11.2 Å². The molecule has 1 aromatic heterocycles. The molecule has 1 heterocycles. The molecular formula is C14H22N2O3. The third-order valence-electron chi connectivity index (χ3n) is 2.89. The minimum absolute atomic E-state index is 0.296. The van der Waals surface area contributed by atoms with E-state index in [0.29, 0.717) is 24.5 Å². The standard InChI is InChI=1S/C14H22N2O3/c1-4-6-12-9-11(14(17)18)10-13(15-12)16(5-2)7-8-19-3/h9-10H,4-8H2,1-3H3,(H,17,18). The first kappa shape index (κ1) is 15.4. The number of rotatable bonds is 8. The molecule has 5 nitrogen and oxygen atoms in total. The minimum atomic E-state index is -0.913. The summed E-state index contributed by atoms with van der Waals surface area (Å²) in [5, 5.41) is 9.16. The topological polar surface area (TPSA) is 62.7 Å². The van der Waals surface area contributed by atoms with Gasteiger partial charge in [0.05, 0.1) is 12.2 Å². The van der Waals surface area contributed by atoms with Gasteiger partial charge in [-0.15, -0.1) is 0 Å². The number of aromatic carboxylic acids is 1.